The Labute approximate surface area is 153 Å². The summed E-state index contributed by atoms with van der Waals surface area (Å²) in [5.41, 5.74) is 0.0443. The molecule has 0 saturated carbocycles. The summed E-state index contributed by atoms with van der Waals surface area (Å²) in [5.74, 6) is -1.06. The van der Waals surface area contributed by atoms with Gasteiger partial charge < -0.3 is 10.1 Å². The average molecular weight is 385 g/mol. The van der Waals surface area contributed by atoms with Crippen molar-refractivity contribution in [2.45, 2.75) is 18.9 Å². The van der Waals surface area contributed by atoms with Crippen molar-refractivity contribution >= 4 is 52.4 Å². The van der Waals surface area contributed by atoms with Crippen LogP contribution in [0.1, 0.15) is 22.8 Å². The Morgan fingerprint density at radius 3 is 2.54 bits per heavy atom. The lowest BCUT2D eigenvalue weighted by atomic mass is 9.89. The van der Waals surface area contributed by atoms with Gasteiger partial charge in [-0.1, -0.05) is 34.8 Å². The second-order valence-corrected chi connectivity index (χ2v) is 6.96. The Balaban J connectivity index is 1.89. The highest BCUT2D eigenvalue weighted by Gasteiger charge is 2.43. The second-order valence-electron chi connectivity index (χ2n) is 5.68. The van der Waals surface area contributed by atoms with Gasteiger partial charge in [-0.25, -0.2) is 4.79 Å². The SMILES string of the molecule is CC1(C(=O)Nc2cc(Cl)ccc2Cl)Cc2cc(Cl)ccc2C(=O)O1. The maximum atomic E-state index is 12.7. The van der Waals surface area contributed by atoms with Crippen LogP contribution in [0, 0.1) is 0 Å². The van der Waals surface area contributed by atoms with Gasteiger partial charge in [0.2, 0.25) is 0 Å². The number of hydrogen-bond donors (Lipinski definition) is 1. The summed E-state index contributed by atoms with van der Waals surface area (Å²) in [7, 11) is 0. The quantitative estimate of drug-likeness (QED) is 0.760. The molecule has 1 atom stereocenters. The number of carbonyl (C=O) groups excluding carboxylic acids is 2. The first-order chi connectivity index (χ1) is 11.3. The third-order valence-corrected chi connectivity index (χ3v) is 4.59. The number of benzene rings is 2. The summed E-state index contributed by atoms with van der Waals surface area (Å²) >= 11 is 18.0. The van der Waals surface area contributed by atoms with Crippen LogP contribution in [0.5, 0.6) is 0 Å². The number of anilines is 1. The highest BCUT2D eigenvalue weighted by Crippen LogP contribution is 2.32. The van der Waals surface area contributed by atoms with E-state index in [0.29, 0.717) is 31.9 Å². The van der Waals surface area contributed by atoms with E-state index in [2.05, 4.69) is 5.32 Å². The number of rotatable bonds is 2. The molecule has 1 aliphatic rings. The molecule has 1 unspecified atom stereocenters. The standard InChI is InChI=1S/C17H12Cl3NO3/c1-17(16(23)21-14-7-11(19)3-5-13(14)20)8-9-6-10(18)2-4-12(9)15(22)24-17/h2-7H,8H2,1H3,(H,21,23). The Bertz CT molecular complexity index is 853. The topological polar surface area (TPSA) is 55.4 Å². The molecule has 0 spiro atoms. The van der Waals surface area contributed by atoms with Crippen molar-refractivity contribution in [1.29, 1.82) is 0 Å². The molecule has 1 N–H and O–H groups in total. The minimum absolute atomic E-state index is 0.207. The second kappa shape index (κ2) is 6.28. The van der Waals surface area contributed by atoms with E-state index in [4.69, 9.17) is 39.5 Å². The molecule has 2 aromatic carbocycles. The van der Waals surface area contributed by atoms with Crippen molar-refractivity contribution in [2.24, 2.45) is 0 Å². The van der Waals surface area contributed by atoms with E-state index in [1.165, 1.54) is 6.07 Å². The minimum Gasteiger partial charge on any atom is -0.445 e. The zero-order valence-electron chi connectivity index (χ0n) is 12.5. The predicted molar refractivity (Wildman–Crippen MR) is 94.1 cm³/mol. The lowest BCUT2D eigenvalue weighted by molar-refractivity contribution is -0.134. The number of hydrogen-bond acceptors (Lipinski definition) is 3. The normalized spacial score (nSPS) is 19.4. The molecule has 0 aliphatic carbocycles. The highest BCUT2D eigenvalue weighted by molar-refractivity contribution is 6.35. The molecule has 4 nitrogen and oxygen atoms in total. The van der Waals surface area contributed by atoms with E-state index < -0.39 is 17.5 Å². The van der Waals surface area contributed by atoms with Crippen LogP contribution in [-0.4, -0.2) is 17.5 Å². The monoisotopic (exact) mass is 383 g/mol. The van der Waals surface area contributed by atoms with Crippen molar-refractivity contribution in [3.63, 3.8) is 0 Å². The predicted octanol–water partition coefficient (Wildman–Crippen LogP) is 4.76. The fourth-order valence-electron chi connectivity index (χ4n) is 2.54. The van der Waals surface area contributed by atoms with E-state index in [1.54, 1.807) is 37.3 Å². The lowest BCUT2D eigenvalue weighted by Crippen LogP contribution is -2.48. The Kier molecular flexibility index (Phi) is 4.47. The molecule has 24 heavy (non-hydrogen) atoms. The van der Waals surface area contributed by atoms with Gasteiger partial charge in [0.25, 0.3) is 5.91 Å². The van der Waals surface area contributed by atoms with Crippen molar-refractivity contribution in [3.05, 3.63) is 62.6 Å². The zero-order chi connectivity index (χ0) is 17.5. The molecule has 1 aliphatic heterocycles. The van der Waals surface area contributed by atoms with Crippen LogP contribution in [0.25, 0.3) is 0 Å². The average Bonchev–Trinajstić information content (AvgIpc) is 2.50. The van der Waals surface area contributed by atoms with Crippen LogP contribution in [0.3, 0.4) is 0 Å². The van der Waals surface area contributed by atoms with Gasteiger partial charge in [0.1, 0.15) is 0 Å². The first kappa shape index (κ1) is 17.1. The molecule has 1 heterocycles. The molecule has 2 aromatic rings. The smallest absolute Gasteiger partial charge is 0.339 e. The van der Waals surface area contributed by atoms with Gasteiger partial charge in [-0.2, -0.15) is 0 Å². The first-order valence-electron chi connectivity index (χ1n) is 7.07. The van der Waals surface area contributed by atoms with Gasteiger partial charge in [-0.3, -0.25) is 4.79 Å². The summed E-state index contributed by atoms with van der Waals surface area (Å²) in [4.78, 5) is 24.9. The van der Waals surface area contributed by atoms with Crippen LogP contribution in [-0.2, 0) is 16.0 Å². The third-order valence-electron chi connectivity index (χ3n) is 3.79. The maximum Gasteiger partial charge on any atom is 0.339 e. The molecule has 0 fully saturated rings. The van der Waals surface area contributed by atoms with Gasteiger partial charge in [0.15, 0.2) is 5.60 Å². The fourth-order valence-corrected chi connectivity index (χ4v) is 3.07. The number of halogens is 3. The highest BCUT2D eigenvalue weighted by atomic mass is 35.5. The molecule has 0 radical (unpaired) electrons. The molecule has 0 aromatic heterocycles. The van der Waals surface area contributed by atoms with Crippen LogP contribution in [0.4, 0.5) is 5.69 Å². The molecule has 7 heteroatoms. The molecule has 3 rings (SSSR count). The largest absolute Gasteiger partial charge is 0.445 e. The summed E-state index contributed by atoms with van der Waals surface area (Å²) in [6, 6.07) is 9.57. The van der Waals surface area contributed by atoms with Crippen LogP contribution < -0.4 is 5.32 Å². The summed E-state index contributed by atoms with van der Waals surface area (Å²) in [6.45, 7) is 1.54. The van der Waals surface area contributed by atoms with E-state index in [-0.39, 0.29) is 6.42 Å². The van der Waals surface area contributed by atoms with Crippen molar-refractivity contribution in [3.8, 4) is 0 Å². The number of esters is 1. The van der Waals surface area contributed by atoms with E-state index >= 15 is 0 Å². The van der Waals surface area contributed by atoms with Crippen LogP contribution >= 0.6 is 34.8 Å². The zero-order valence-corrected chi connectivity index (χ0v) is 14.8. The van der Waals surface area contributed by atoms with Gasteiger partial charge in [-0.05, 0) is 48.9 Å². The minimum atomic E-state index is -1.37. The van der Waals surface area contributed by atoms with Gasteiger partial charge in [-0.15, -0.1) is 0 Å². The fraction of sp³-hybridized carbons (Fsp3) is 0.176. The molecular weight excluding hydrogens is 373 g/mol. The Morgan fingerprint density at radius 1 is 1.12 bits per heavy atom. The number of cyclic esters (lactones) is 1. The number of nitrogens with one attached hydrogen (secondary N) is 1. The Hall–Kier alpha value is -1.75. The van der Waals surface area contributed by atoms with E-state index in [0.717, 1.165) is 0 Å². The molecule has 0 bridgehead atoms. The molecule has 0 saturated heterocycles. The molecule has 124 valence electrons. The number of amides is 1. The van der Waals surface area contributed by atoms with Crippen LogP contribution in [0.2, 0.25) is 15.1 Å². The number of ether oxygens (including phenoxy) is 1. The lowest BCUT2D eigenvalue weighted by Gasteiger charge is -2.33. The van der Waals surface area contributed by atoms with Crippen molar-refractivity contribution in [2.75, 3.05) is 5.32 Å². The third kappa shape index (κ3) is 3.22. The van der Waals surface area contributed by atoms with E-state index in [1.807, 2.05) is 0 Å². The van der Waals surface area contributed by atoms with Crippen LogP contribution in [0.15, 0.2) is 36.4 Å². The Morgan fingerprint density at radius 2 is 1.79 bits per heavy atom. The first-order valence-corrected chi connectivity index (χ1v) is 8.20. The molecular formula is C17H12Cl3NO3. The van der Waals surface area contributed by atoms with Gasteiger partial charge >= 0.3 is 5.97 Å². The molecule has 1 amide bonds. The van der Waals surface area contributed by atoms with Gasteiger partial charge in [0, 0.05) is 16.5 Å². The van der Waals surface area contributed by atoms with Crippen molar-refractivity contribution < 1.29 is 14.3 Å². The van der Waals surface area contributed by atoms with E-state index in [9.17, 15) is 9.59 Å². The van der Waals surface area contributed by atoms with Gasteiger partial charge in [0.05, 0.1) is 16.3 Å². The number of fused-ring (bicyclic) bond motifs is 1. The summed E-state index contributed by atoms with van der Waals surface area (Å²) < 4.78 is 5.37. The maximum absolute atomic E-state index is 12.7. The number of carbonyl (C=O) groups is 2. The summed E-state index contributed by atoms with van der Waals surface area (Å²) in [6.07, 6.45) is 0.207. The summed E-state index contributed by atoms with van der Waals surface area (Å²) in [5, 5.41) is 3.92. The van der Waals surface area contributed by atoms with Crippen molar-refractivity contribution in [1.82, 2.24) is 0 Å².